The van der Waals surface area contributed by atoms with E-state index in [0.29, 0.717) is 0 Å². The van der Waals surface area contributed by atoms with Crippen molar-refractivity contribution in [2.75, 3.05) is 20.8 Å². The molecular weight excluding hydrogens is 282 g/mol. The second-order valence-electron chi connectivity index (χ2n) is 5.34. The van der Waals surface area contributed by atoms with Gasteiger partial charge >= 0.3 is 5.97 Å². The zero-order valence-electron chi connectivity index (χ0n) is 12.2. The summed E-state index contributed by atoms with van der Waals surface area (Å²) in [4.78, 5) is 35.0. The number of esters is 1. The highest BCUT2D eigenvalue weighted by molar-refractivity contribution is 5.84. The average molecular weight is 301 g/mol. The summed E-state index contributed by atoms with van der Waals surface area (Å²) >= 11 is 0. The third-order valence-corrected chi connectivity index (χ3v) is 4.58. The monoisotopic (exact) mass is 301 g/mol. The minimum absolute atomic E-state index is 0.0198. The summed E-state index contributed by atoms with van der Waals surface area (Å²) in [6.07, 6.45) is -0.00820. The predicted octanol–water partition coefficient (Wildman–Crippen LogP) is 0.409. The Kier molecular flexibility index (Phi) is 4.29. The highest BCUT2D eigenvalue weighted by Gasteiger charge is 2.72. The maximum Gasteiger partial charge on any atom is 0.316 e. The van der Waals surface area contributed by atoms with Crippen molar-refractivity contribution < 1.29 is 28.7 Å². The zero-order chi connectivity index (χ0) is 15.8. The number of fused-ring (bicyclic) bond motifs is 2. The molecule has 0 aromatic carbocycles. The first-order valence-corrected chi connectivity index (χ1v) is 6.85. The number of ketones is 1. The van der Waals surface area contributed by atoms with Crippen molar-refractivity contribution in [1.82, 2.24) is 0 Å². The fourth-order valence-corrected chi connectivity index (χ4v) is 3.87. The molecule has 2 bridgehead atoms. The maximum atomic E-state index is 12.2. The minimum Gasteiger partial charge on any atom is -0.466 e. The van der Waals surface area contributed by atoms with Crippen LogP contribution in [0.25, 0.3) is 0 Å². The van der Waals surface area contributed by atoms with Crippen molar-refractivity contribution >= 4 is 11.8 Å². The first kappa shape index (κ1) is 15.8. The standard InChI is InChI=1S/C13H19NO7/c1-4-21-12(16)10-8-5-7(15)6-9(11(10)14(17)18)13(8,19-2)20-3/h8-11H,4-6H2,1-3H3/t8-,9+,10-,11-/m1/s1. The van der Waals surface area contributed by atoms with Crippen LogP contribution in [0, 0.1) is 27.9 Å². The van der Waals surface area contributed by atoms with E-state index in [2.05, 4.69) is 0 Å². The lowest BCUT2D eigenvalue weighted by atomic mass is 9.80. The predicted molar refractivity (Wildman–Crippen MR) is 68.9 cm³/mol. The Morgan fingerprint density at radius 1 is 1.33 bits per heavy atom. The molecule has 8 heteroatoms. The molecule has 0 aromatic heterocycles. The van der Waals surface area contributed by atoms with Gasteiger partial charge in [0.2, 0.25) is 6.04 Å². The molecule has 0 unspecified atom stereocenters. The summed E-state index contributed by atoms with van der Waals surface area (Å²) in [5.41, 5.74) is 0. The van der Waals surface area contributed by atoms with Crippen LogP contribution in [0.4, 0.5) is 0 Å². The molecule has 2 fully saturated rings. The number of hydrogen-bond acceptors (Lipinski definition) is 7. The molecule has 2 aliphatic carbocycles. The molecule has 0 N–H and O–H groups in total. The van der Waals surface area contributed by atoms with E-state index in [0.717, 1.165) is 0 Å². The smallest absolute Gasteiger partial charge is 0.316 e. The number of hydrogen-bond donors (Lipinski definition) is 0. The highest BCUT2D eigenvalue weighted by atomic mass is 16.7. The Hall–Kier alpha value is -1.54. The number of nitro groups is 1. The van der Waals surface area contributed by atoms with Crippen LogP contribution in [-0.2, 0) is 23.8 Å². The van der Waals surface area contributed by atoms with Gasteiger partial charge in [-0.25, -0.2) is 0 Å². The van der Waals surface area contributed by atoms with Crippen LogP contribution in [0.2, 0.25) is 0 Å². The van der Waals surface area contributed by atoms with Gasteiger partial charge in [0, 0.05) is 37.9 Å². The van der Waals surface area contributed by atoms with Crippen molar-refractivity contribution in [3.8, 4) is 0 Å². The summed E-state index contributed by atoms with van der Waals surface area (Å²) in [6, 6.07) is -1.24. The van der Waals surface area contributed by atoms with E-state index in [4.69, 9.17) is 14.2 Å². The van der Waals surface area contributed by atoms with Crippen LogP contribution in [0.3, 0.4) is 0 Å². The Balaban J connectivity index is 2.50. The molecule has 8 nitrogen and oxygen atoms in total. The molecule has 0 heterocycles. The molecule has 0 radical (unpaired) electrons. The second kappa shape index (κ2) is 5.69. The molecule has 0 aromatic rings. The van der Waals surface area contributed by atoms with Gasteiger partial charge in [0.25, 0.3) is 0 Å². The first-order chi connectivity index (χ1) is 9.92. The summed E-state index contributed by atoms with van der Waals surface area (Å²) in [6.45, 7) is 1.75. The minimum atomic E-state index is -1.29. The zero-order valence-corrected chi connectivity index (χ0v) is 12.2. The van der Waals surface area contributed by atoms with Crippen LogP contribution < -0.4 is 0 Å². The van der Waals surface area contributed by atoms with Gasteiger partial charge < -0.3 is 14.2 Å². The molecule has 2 aliphatic rings. The lowest BCUT2D eigenvalue weighted by molar-refractivity contribution is -0.538. The van der Waals surface area contributed by atoms with Gasteiger partial charge in [-0.15, -0.1) is 0 Å². The van der Waals surface area contributed by atoms with Gasteiger partial charge in [0.15, 0.2) is 5.79 Å². The number of methoxy groups -OCH3 is 2. The number of rotatable bonds is 5. The van der Waals surface area contributed by atoms with Gasteiger partial charge in [-0.2, -0.15) is 0 Å². The summed E-state index contributed by atoms with van der Waals surface area (Å²) < 4.78 is 15.8. The Bertz CT molecular complexity index is 459. The van der Waals surface area contributed by atoms with Gasteiger partial charge in [0.1, 0.15) is 11.7 Å². The third-order valence-electron chi connectivity index (χ3n) is 4.58. The molecule has 21 heavy (non-hydrogen) atoms. The van der Waals surface area contributed by atoms with Crippen LogP contribution in [-0.4, -0.2) is 49.3 Å². The van der Waals surface area contributed by atoms with E-state index in [1.54, 1.807) is 6.92 Å². The average Bonchev–Trinajstić information content (AvgIpc) is 2.58. The van der Waals surface area contributed by atoms with E-state index in [9.17, 15) is 19.7 Å². The van der Waals surface area contributed by atoms with E-state index < -0.39 is 40.5 Å². The molecule has 118 valence electrons. The van der Waals surface area contributed by atoms with E-state index in [-0.39, 0.29) is 25.2 Å². The number of carbonyl (C=O) groups excluding carboxylic acids is 2. The van der Waals surface area contributed by atoms with E-state index >= 15 is 0 Å². The van der Waals surface area contributed by atoms with Gasteiger partial charge in [-0.1, -0.05) is 0 Å². The van der Waals surface area contributed by atoms with Gasteiger partial charge in [-0.3, -0.25) is 19.7 Å². The van der Waals surface area contributed by atoms with Gasteiger partial charge in [0.05, 0.1) is 12.5 Å². The van der Waals surface area contributed by atoms with Crippen LogP contribution in [0.15, 0.2) is 0 Å². The molecule has 0 amide bonds. The number of nitrogens with zero attached hydrogens (tertiary/aromatic N) is 1. The Morgan fingerprint density at radius 2 is 1.90 bits per heavy atom. The molecule has 2 rings (SSSR count). The highest BCUT2D eigenvalue weighted by Crippen LogP contribution is 2.55. The van der Waals surface area contributed by atoms with Crippen LogP contribution in [0.5, 0.6) is 0 Å². The number of ether oxygens (including phenoxy) is 3. The van der Waals surface area contributed by atoms with E-state index in [1.165, 1.54) is 14.2 Å². The fraction of sp³-hybridized carbons (Fsp3) is 0.846. The second-order valence-corrected chi connectivity index (χ2v) is 5.34. The lowest BCUT2D eigenvalue weighted by Crippen LogP contribution is -2.50. The van der Waals surface area contributed by atoms with Crippen molar-refractivity contribution in [3.63, 3.8) is 0 Å². The third kappa shape index (κ3) is 2.22. The summed E-state index contributed by atoms with van der Waals surface area (Å²) in [5, 5.41) is 11.5. The van der Waals surface area contributed by atoms with Crippen LogP contribution >= 0.6 is 0 Å². The maximum absolute atomic E-state index is 12.2. The molecule has 0 aliphatic heterocycles. The molecule has 0 spiro atoms. The quantitative estimate of drug-likeness (QED) is 0.313. The topological polar surface area (TPSA) is 105 Å². The van der Waals surface area contributed by atoms with Crippen molar-refractivity contribution in [1.29, 1.82) is 0 Å². The van der Waals surface area contributed by atoms with Crippen molar-refractivity contribution in [2.24, 2.45) is 17.8 Å². The van der Waals surface area contributed by atoms with Crippen molar-refractivity contribution in [3.05, 3.63) is 10.1 Å². The molecule has 2 saturated carbocycles. The molecule has 4 atom stereocenters. The molecular formula is C13H19NO7. The summed E-state index contributed by atoms with van der Waals surface area (Å²) in [5.74, 6) is -4.59. The Morgan fingerprint density at radius 3 is 2.38 bits per heavy atom. The van der Waals surface area contributed by atoms with Gasteiger partial charge in [-0.05, 0) is 6.92 Å². The summed E-state index contributed by atoms with van der Waals surface area (Å²) in [7, 11) is 2.76. The van der Waals surface area contributed by atoms with E-state index in [1.807, 2.05) is 0 Å². The largest absolute Gasteiger partial charge is 0.466 e. The molecule has 0 saturated heterocycles. The van der Waals surface area contributed by atoms with Crippen molar-refractivity contribution in [2.45, 2.75) is 31.6 Å². The first-order valence-electron chi connectivity index (χ1n) is 6.85. The normalized spacial score (nSPS) is 33.8. The number of carbonyl (C=O) groups is 2. The number of Topliss-reactive ketones (excluding diaryl/α,β-unsaturated/α-hetero) is 1. The Labute approximate surface area is 121 Å². The fourth-order valence-electron chi connectivity index (χ4n) is 3.87. The lowest BCUT2D eigenvalue weighted by Gasteiger charge is -2.39. The SMILES string of the molecule is CCOC(=O)[C@H]1[C@H]([N+](=O)[O-])[C@@H]2CC(=O)C[C@H]1C2(OC)OC. The van der Waals surface area contributed by atoms with Crippen LogP contribution in [0.1, 0.15) is 19.8 Å².